The van der Waals surface area contributed by atoms with Crippen molar-refractivity contribution in [3.05, 3.63) is 24.3 Å². The van der Waals surface area contributed by atoms with Crippen LogP contribution < -0.4 is 5.32 Å². The fraction of sp³-hybridized carbons (Fsp3) is 0.647. The third kappa shape index (κ3) is 4.95. The van der Waals surface area contributed by atoms with E-state index in [1.807, 2.05) is 0 Å². The van der Waals surface area contributed by atoms with Crippen molar-refractivity contribution in [3.63, 3.8) is 0 Å². The van der Waals surface area contributed by atoms with Crippen LogP contribution in [0.25, 0.3) is 0 Å². The Hall–Kier alpha value is -0.600. The summed E-state index contributed by atoms with van der Waals surface area (Å²) in [6.45, 7) is 8.25. The van der Waals surface area contributed by atoms with Gasteiger partial charge in [-0.05, 0) is 67.9 Å². The summed E-state index contributed by atoms with van der Waals surface area (Å²) in [5.74, 6) is 0.570. The number of benzene rings is 1. The molecule has 0 amide bonds. The van der Waals surface area contributed by atoms with E-state index in [1.54, 1.807) is 24.3 Å². The van der Waals surface area contributed by atoms with Crippen molar-refractivity contribution in [2.75, 3.05) is 38.5 Å². The smallest absolute Gasteiger partial charge is 0.182 e. The maximum absolute atomic E-state index is 12.6. The van der Waals surface area contributed by atoms with Gasteiger partial charge in [0.05, 0.1) is 10.1 Å². The number of sulfone groups is 1. The molecule has 5 nitrogen and oxygen atoms in total. The lowest BCUT2D eigenvalue weighted by atomic mass is 10.2. The molecule has 0 bridgehead atoms. The molecular formula is C17H28N2O3S2. The molecule has 1 aromatic carbocycles. The van der Waals surface area contributed by atoms with Crippen LogP contribution in [0.3, 0.4) is 0 Å². The van der Waals surface area contributed by atoms with Gasteiger partial charge in [0.25, 0.3) is 0 Å². The third-order valence-electron chi connectivity index (χ3n) is 4.59. The van der Waals surface area contributed by atoms with Crippen molar-refractivity contribution in [3.8, 4) is 0 Å². The van der Waals surface area contributed by atoms with Crippen LogP contribution in [0.5, 0.6) is 0 Å². The van der Waals surface area contributed by atoms with E-state index in [2.05, 4.69) is 24.1 Å². The van der Waals surface area contributed by atoms with Gasteiger partial charge in [0.15, 0.2) is 14.7 Å². The minimum absolute atomic E-state index is 0.334. The first-order chi connectivity index (χ1) is 11.5. The van der Waals surface area contributed by atoms with Gasteiger partial charge in [-0.3, -0.25) is 4.90 Å². The standard InChI is InChI=1S/C17H28N2O3S2/c1-3-19(4-2)12-13-23(20)15-7-9-16(10-8-15)24(21,22)17-6-5-11-18-14-17/h7-10,17-18H,3-6,11-14H2,1-2H3. The summed E-state index contributed by atoms with van der Waals surface area (Å²) in [7, 11) is -3.31. The fourth-order valence-electron chi connectivity index (χ4n) is 2.93. The quantitative estimate of drug-likeness (QED) is 0.703. The number of rotatable bonds is 8. The number of hydrogen-bond acceptors (Lipinski definition) is 5. The molecule has 2 rings (SSSR count). The third-order valence-corrected chi connectivity index (χ3v) is 8.15. The second-order valence-electron chi connectivity index (χ2n) is 6.06. The van der Waals surface area contributed by atoms with Gasteiger partial charge in [0.1, 0.15) is 5.75 Å². The highest BCUT2D eigenvalue weighted by Gasteiger charge is 2.29. The molecule has 0 aliphatic carbocycles. The van der Waals surface area contributed by atoms with Crippen molar-refractivity contribution >= 4 is 21.0 Å². The number of nitrogens with one attached hydrogen (secondary N) is 1. The maximum atomic E-state index is 12.6. The van der Waals surface area contributed by atoms with Crippen LogP contribution in [0.2, 0.25) is 0 Å². The van der Waals surface area contributed by atoms with E-state index < -0.39 is 21.0 Å². The Balaban J connectivity index is 2.01. The molecule has 1 aliphatic heterocycles. The first-order valence-electron chi connectivity index (χ1n) is 8.64. The van der Waals surface area contributed by atoms with Gasteiger partial charge in [-0.15, -0.1) is 0 Å². The zero-order valence-corrected chi connectivity index (χ0v) is 16.2. The molecule has 0 saturated carbocycles. The molecule has 1 N–H and O–H groups in total. The predicted octanol–water partition coefficient (Wildman–Crippen LogP) is 1.66. The van der Waals surface area contributed by atoms with Crippen LogP contribution in [0.1, 0.15) is 26.7 Å². The molecule has 0 radical (unpaired) electrons. The predicted molar refractivity (Wildman–Crippen MR) is 98.6 cm³/mol. The van der Waals surface area contributed by atoms with Crippen molar-refractivity contribution < 1.29 is 13.0 Å². The minimum atomic E-state index is -3.31. The van der Waals surface area contributed by atoms with Gasteiger partial charge in [0, 0.05) is 13.1 Å². The van der Waals surface area contributed by atoms with Crippen LogP contribution in [0, 0.1) is 0 Å². The Morgan fingerprint density at radius 2 is 1.92 bits per heavy atom. The molecule has 1 aromatic rings. The summed E-state index contributed by atoms with van der Waals surface area (Å²) in [5.41, 5.74) is 0. The van der Waals surface area contributed by atoms with Crippen LogP contribution in [-0.2, 0) is 21.0 Å². The topological polar surface area (TPSA) is 72.5 Å². The average Bonchev–Trinajstić information content (AvgIpc) is 2.63. The summed E-state index contributed by atoms with van der Waals surface area (Å²) in [5, 5.41) is 2.79. The summed E-state index contributed by atoms with van der Waals surface area (Å²) in [6, 6.07) is 6.60. The fourth-order valence-corrected chi connectivity index (χ4v) is 5.74. The van der Waals surface area contributed by atoms with E-state index >= 15 is 0 Å². The highest BCUT2D eigenvalue weighted by molar-refractivity contribution is 7.92. The second kappa shape index (κ2) is 9.20. The molecule has 2 unspecified atom stereocenters. The van der Waals surface area contributed by atoms with E-state index in [4.69, 9.17) is 0 Å². The summed E-state index contributed by atoms with van der Waals surface area (Å²) < 4.78 is 37.6. The van der Waals surface area contributed by atoms with E-state index in [0.717, 1.165) is 32.6 Å². The second-order valence-corrected chi connectivity index (χ2v) is 9.86. The summed E-state index contributed by atoms with van der Waals surface area (Å²) in [6.07, 6.45) is 1.59. The first-order valence-corrected chi connectivity index (χ1v) is 11.5. The average molecular weight is 373 g/mol. The maximum Gasteiger partial charge on any atom is 0.182 e. The van der Waals surface area contributed by atoms with Crippen molar-refractivity contribution in [2.45, 2.75) is 41.7 Å². The van der Waals surface area contributed by atoms with Gasteiger partial charge in [-0.25, -0.2) is 8.42 Å². The van der Waals surface area contributed by atoms with Gasteiger partial charge in [0.2, 0.25) is 0 Å². The molecule has 1 heterocycles. The molecule has 24 heavy (non-hydrogen) atoms. The molecule has 136 valence electrons. The van der Waals surface area contributed by atoms with Crippen molar-refractivity contribution in [1.82, 2.24) is 10.2 Å². The minimum Gasteiger partial charge on any atom is -0.611 e. The lowest BCUT2D eigenvalue weighted by Crippen LogP contribution is -2.38. The zero-order valence-electron chi connectivity index (χ0n) is 14.5. The Morgan fingerprint density at radius 1 is 1.25 bits per heavy atom. The Labute approximate surface area is 148 Å². The van der Waals surface area contributed by atoms with Gasteiger partial charge < -0.3 is 9.87 Å². The van der Waals surface area contributed by atoms with Gasteiger partial charge in [-0.1, -0.05) is 13.8 Å². The van der Waals surface area contributed by atoms with Crippen molar-refractivity contribution in [2.24, 2.45) is 0 Å². The zero-order chi connectivity index (χ0) is 17.6. The van der Waals surface area contributed by atoms with Crippen LogP contribution in [0.15, 0.2) is 34.1 Å². The van der Waals surface area contributed by atoms with Crippen molar-refractivity contribution in [1.29, 1.82) is 0 Å². The van der Waals surface area contributed by atoms with E-state index in [0.29, 0.717) is 28.5 Å². The lowest BCUT2D eigenvalue weighted by molar-refractivity contribution is 0.321. The highest BCUT2D eigenvalue weighted by Crippen LogP contribution is 2.23. The molecule has 0 spiro atoms. The summed E-state index contributed by atoms with van der Waals surface area (Å²) in [4.78, 5) is 3.26. The molecule has 0 aromatic heterocycles. The molecule has 1 saturated heterocycles. The molecule has 2 atom stereocenters. The SMILES string of the molecule is CCN(CC)CC[S+]([O-])c1ccc(S(=O)(=O)C2CCCNC2)cc1. The molecular weight excluding hydrogens is 344 g/mol. The van der Waals surface area contributed by atoms with Gasteiger partial charge in [-0.2, -0.15) is 0 Å². The van der Waals surface area contributed by atoms with Crippen LogP contribution in [0.4, 0.5) is 0 Å². The van der Waals surface area contributed by atoms with E-state index in [-0.39, 0.29) is 5.25 Å². The van der Waals surface area contributed by atoms with Gasteiger partial charge >= 0.3 is 0 Å². The monoisotopic (exact) mass is 372 g/mol. The normalized spacial score (nSPS) is 20.2. The lowest BCUT2D eigenvalue weighted by Gasteiger charge is -2.23. The number of hydrogen-bond donors (Lipinski definition) is 1. The molecule has 1 aliphatic rings. The van der Waals surface area contributed by atoms with E-state index in [1.165, 1.54) is 0 Å². The molecule has 7 heteroatoms. The number of piperidine rings is 1. The van der Waals surface area contributed by atoms with E-state index in [9.17, 15) is 13.0 Å². The highest BCUT2D eigenvalue weighted by atomic mass is 32.2. The Bertz CT molecular complexity index is 595. The summed E-state index contributed by atoms with van der Waals surface area (Å²) >= 11 is -1.10. The van der Waals surface area contributed by atoms with Crippen LogP contribution in [-0.4, -0.2) is 61.6 Å². The number of nitrogens with zero attached hydrogens (tertiary/aromatic N) is 1. The Morgan fingerprint density at radius 3 is 2.46 bits per heavy atom. The van der Waals surface area contributed by atoms with Crippen LogP contribution >= 0.6 is 0 Å². The largest absolute Gasteiger partial charge is 0.611 e. The Kier molecular flexibility index (Phi) is 7.56. The first kappa shape index (κ1) is 19.7. The molecule has 1 fully saturated rings.